The number of allylic oxidation sites excluding steroid dienone is 1. The van der Waals surface area contributed by atoms with Gasteiger partial charge in [-0.3, -0.25) is 4.90 Å². The molecule has 178 valence electrons. The molecule has 1 unspecified atom stereocenters. The van der Waals surface area contributed by atoms with Gasteiger partial charge in [0.1, 0.15) is 16.5 Å². The Morgan fingerprint density at radius 3 is 2.53 bits per heavy atom. The van der Waals surface area contributed by atoms with Gasteiger partial charge in [-0.2, -0.15) is 0 Å². The molecule has 9 heteroatoms. The van der Waals surface area contributed by atoms with Gasteiger partial charge in [0, 0.05) is 44.5 Å². The number of hydrogen-bond donors (Lipinski definition) is 0. The molecule has 1 atom stereocenters. The van der Waals surface area contributed by atoms with Crippen LogP contribution in [0.2, 0.25) is 0 Å². The van der Waals surface area contributed by atoms with E-state index in [0.717, 1.165) is 69.4 Å². The molecule has 1 aromatic rings. The number of piperazine rings is 1. The Labute approximate surface area is 190 Å². The smallest absolute Gasteiger partial charge is 0.221 e. The summed E-state index contributed by atoms with van der Waals surface area (Å²) in [5.74, 6) is 0.812. The summed E-state index contributed by atoms with van der Waals surface area (Å²) < 4.78 is 42.7. The highest BCUT2D eigenvalue weighted by Gasteiger charge is 2.24. The van der Waals surface area contributed by atoms with Crippen molar-refractivity contribution < 1.29 is 22.4 Å². The Hall–Kier alpha value is -2.13. The largest absolute Gasteiger partial charge is 0.493 e. The van der Waals surface area contributed by atoms with Gasteiger partial charge in [0.25, 0.3) is 0 Å². The van der Waals surface area contributed by atoms with Crippen molar-refractivity contribution in [1.82, 2.24) is 9.80 Å². The third kappa shape index (κ3) is 6.45. The van der Waals surface area contributed by atoms with Crippen LogP contribution in [-0.4, -0.2) is 69.0 Å². The Kier molecular flexibility index (Phi) is 8.16. The lowest BCUT2D eigenvalue weighted by Crippen LogP contribution is -2.49. The van der Waals surface area contributed by atoms with Crippen LogP contribution in [0.15, 0.2) is 40.2 Å². The molecule has 0 saturated carbocycles. The van der Waals surface area contributed by atoms with Crippen molar-refractivity contribution in [2.45, 2.75) is 51.0 Å². The van der Waals surface area contributed by atoms with Crippen LogP contribution in [0.3, 0.4) is 0 Å². The summed E-state index contributed by atoms with van der Waals surface area (Å²) in [6, 6.07) is 4.19. The molecule has 0 aliphatic carbocycles. The summed E-state index contributed by atoms with van der Waals surface area (Å²) in [5.41, 5.74) is 1.11. The van der Waals surface area contributed by atoms with E-state index in [1.54, 1.807) is 0 Å². The first kappa shape index (κ1) is 24.5. The Balaban J connectivity index is 1.44. The number of ether oxygens (including phenoxy) is 1. The molecule has 1 fully saturated rings. The van der Waals surface area contributed by atoms with E-state index in [9.17, 15) is 12.8 Å². The standard InChI is InChI=1S/C23H34FN3O4S/c1-17(2)21-6-5-7-23(31-25-21)27-13-11-26(12-14-27)18(3)10-15-30-19-8-9-22(20(24)16-19)32(4,28)29/h7-9,16-18H,5-6,10-15H2,1-4H3. The quantitative estimate of drug-likeness (QED) is 0.581. The number of rotatable bonds is 8. The zero-order valence-corrected chi connectivity index (χ0v) is 20.2. The summed E-state index contributed by atoms with van der Waals surface area (Å²) in [7, 11) is -3.58. The average Bonchev–Trinajstić information content (AvgIpc) is 2.99. The Morgan fingerprint density at radius 1 is 1.19 bits per heavy atom. The molecule has 1 saturated heterocycles. The van der Waals surface area contributed by atoms with Gasteiger partial charge in [0.05, 0.1) is 12.3 Å². The van der Waals surface area contributed by atoms with Gasteiger partial charge >= 0.3 is 0 Å². The van der Waals surface area contributed by atoms with Crippen molar-refractivity contribution in [2.75, 3.05) is 39.0 Å². The maximum absolute atomic E-state index is 14.0. The number of benzene rings is 1. The molecule has 0 amide bonds. The lowest BCUT2D eigenvalue weighted by atomic mass is 10.0. The molecular formula is C23H34FN3O4S. The monoisotopic (exact) mass is 467 g/mol. The highest BCUT2D eigenvalue weighted by Crippen LogP contribution is 2.22. The van der Waals surface area contributed by atoms with Crippen LogP contribution in [0, 0.1) is 11.7 Å². The van der Waals surface area contributed by atoms with Crippen molar-refractivity contribution in [3.8, 4) is 5.75 Å². The third-order valence-electron chi connectivity index (χ3n) is 6.00. The summed E-state index contributed by atoms with van der Waals surface area (Å²) >= 11 is 0. The summed E-state index contributed by atoms with van der Waals surface area (Å²) in [6.45, 7) is 10.5. The highest BCUT2D eigenvalue weighted by atomic mass is 32.2. The van der Waals surface area contributed by atoms with E-state index in [1.807, 2.05) is 0 Å². The zero-order chi connectivity index (χ0) is 23.3. The SMILES string of the molecule is CC(C)C1=NOC(N2CCN(C(C)CCOc3ccc(S(C)(=O)=O)c(F)c3)CC2)=CCC1. The van der Waals surface area contributed by atoms with E-state index >= 15 is 0 Å². The van der Waals surface area contributed by atoms with Crippen LogP contribution >= 0.6 is 0 Å². The van der Waals surface area contributed by atoms with Gasteiger partial charge in [0.2, 0.25) is 5.88 Å². The summed E-state index contributed by atoms with van der Waals surface area (Å²) in [5, 5.41) is 4.34. The van der Waals surface area contributed by atoms with E-state index in [-0.39, 0.29) is 4.90 Å². The number of oxime groups is 1. The first-order valence-electron chi connectivity index (χ1n) is 11.2. The minimum Gasteiger partial charge on any atom is -0.493 e. The minimum atomic E-state index is -3.58. The molecule has 2 heterocycles. The molecule has 0 bridgehead atoms. The predicted molar refractivity (Wildman–Crippen MR) is 123 cm³/mol. The van der Waals surface area contributed by atoms with Gasteiger partial charge < -0.3 is 14.5 Å². The van der Waals surface area contributed by atoms with Crippen molar-refractivity contribution in [3.05, 3.63) is 36.0 Å². The van der Waals surface area contributed by atoms with Gasteiger partial charge in [-0.25, -0.2) is 12.8 Å². The van der Waals surface area contributed by atoms with E-state index in [0.29, 0.717) is 24.3 Å². The maximum Gasteiger partial charge on any atom is 0.221 e. The fourth-order valence-corrected chi connectivity index (χ4v) is 4.63. The van der Waals surface area contributed by atoms with Crippen LogP contribution in [0.4, 0.5) is 4.39 Å². The molecule has 0 radical (unpaired) electrons. The fraction of sp³-hybridized carbons (Fsp3) is 0.609. The Bertz CT molecular complexity index is 954. The second-order valence-electron chi connectivity index (χ2n) is 8.78. The Morgan fingerprint density at radius 2 is 1.91 bits per heavy atom. The van der Waals surface area contributed by atoms with Gasteiger partial charge in [-0.15, -0.1) is 0 Å². The topological polar surface area (TPSA) is 71.4 Å². The molecule has 7 nitrogen and oxygen atoms in total. The van der Waals surface area contributed by atoms with Crippen molar-refractivity contribution >= 4 is 15.5 Å². The van der Waals surface area contributed by atoms with E-state index < -0.39 is 15.7 Å². The molecule has 32 heavy (non-hydrogen) atoms. The number of halogens is 1. The summed E-state index contributed by atoms with van der Waals surface area (Å²) in [6.07, 6.45) is 5.81. The first-order chi connectivity index (χ1) is 15.1. The normalized spacial score (nSPS) is 19.1. The van der Waals surface area contributed by atoms with Crippen molar-refractivity contribution in [1.29, 1.82) is 0 Å². The van der Waals surface area contributed by atoms with E-state index in [4.69, 9.17) is 9.57 Å². The number of nitrogens with zero attached hydrogens (tertiary/aromatic N) is 3. The third-order valence-corrected chi connectivity index (χ3v) is 7.13. The van der Waals surface area contributed by atoms with Crippen LogP contribution in [-0.2, 0) is 14.7 Å². The first-order valence-corrected chi connectivity index (χ1v) is 13.1. The van der Waals surface area contributed by atoms with Crippen molar-refractivity contribution in [3.63, 3.8) is 0 Å². The van der Waals surface area contributed by atoms with Crippen molar-refractivity contribution in [2.24, 2.45) is 11.1 Å². The average molecular weight is 468 g/mol. The predicted octanol–water partition coefficient (Wildman–Crippen LogP) is 3.67. The highest BCUT2D eigenvalue weighted by molar-refractivity contribution is 7.90. The van der Waals surface area contributed by atoms with Crippen LogP contribution in [0.5, 0.6) is 5.75 Å². The van der Waals surface area contributed by atoms with Crippen LogP contribution in [0.25, 0.3) is 0 Å². The second-order valence-corrected chi connectivity index (χ2v) is 10.8. The van der Waals surface area contributed by atoms with Crippen LogP contribution in [0.1, 0.15) is 40.0 Å². The minimum absolute atomic E-state index is 0.310. The molecule has 0 spiro atoms. The molecular weight excluding hydrogens is 433 g/mol. The second kappa shape index (κ2) is 10.7. The summed E-state index contributed by atoms with van der Waals surface area (Å²) in [4.78, 5) is 10.1. The molecule has 2 aliphatic rings. The zero-order valence-electron chi connectivity index (χ0n) is 19.4. The van der Waals surface area contributed by atoms with Gasteiger partial charge in [0.15, 0.2) is 9.84 Å². The molecule has 0 aromatic heterocycles. The van der Waals surface area contributed by atoms with Crippen LogP contribution < -0.4 is 4.74 Å². The molecule has 2 aliphatic heterocycles. The number of sulfone groups is 1. The molecule has 1 aromatic carbocycles. The van der Waals surface area contributed by atoms with Gasteiger partial charge in [-0.05, 0) is 50.3 Å². The lowest BCUT2D eigenvalue weighted by Gasteiger charge is -2.38. The van der Waals surface area contributed by atoms with Gasteiger partial charge in [-0.1, -0.05) is 19.0 Å². The molecule has 0 N–H and O–H groups in total. The maximum atomic E-state index is 14.0. The molecule has 3 rings (SSSR count). The number of hydrogen-bond acceptors (Lipinski definition) is 7. The lowest BCUT2D eigenvalue weighted by molar-refractivity contribution is 0.0553. The van der Waals surface area contributed by atoms with E-state index in [2.05, 4.69) is 41.8 Å². The fourth-order valence-electron chi connectivity index (χ4n) is 3.90. The van der Waals surface area contributed by atoms with E-state index in [1.165, 1.54) is 12.1 Å².